The van der Waals surface area contributed by atoms with E-state index in [1.807, 2.05) is 24.3 Å². The van der Waals surface area contributed by atoms with E-state index >= 15 is 0 Å². The maximum absolute atomic E-state index is 12.2. The van der Waals surface area contributed by atoms with Crippen LogP contribution in [0.2, 0.25) is 0 Å². The monoisotopic (exact) mass is 363 g/mol. The molecule has 2 saturated heterocycles. The van der Waals surface area contributed by atoms with Crippen LogP contribution in [0.3, 0.4) is 0 Å². The van der Waals surface area contributed by atoms with E-state index in [-0.39, 0.29) is 6.04 Å². The molecule has 1 amide bonds. The highest BCUT2D eigenvalue weighted by molar-refractivity contribution is 5.67. The first-order valence-electron chi connectivity index (χ1n) is 9.35. The molecule has 1 aromatic rings. The number of aliphatic hydroxyl groups excluding tert-OH is 1. The fraction of sp³-hybridized carbons (Fsp3) is 0.632. The van der Waals surface area contributed by atoms with E-state index in [1.54, 1.807) is 7.11 Å². The van der Waals surface area contributed by atoms with Gasteiger partial charge in [0.2, 0.25) is 0 Å². The Morgan fingerprint density at radius 1 is 1.31 bits per heavy atom. The van der Waals surface area contributed by atoms with Gasteiger partial charge in [-0.1, -0.05) is 12.1 Å². The molecule has 7 nitrogen and oxygen atoms in total. The van der Waals surface area contributed by atoms with Crippen molar-refractivity contribution in [1.29, 1.82) is 0 Å². The van der Waals surface area contributed by atoms with Crippen LogP contribution in [-0.2, 0) is 11.2 Å². The average molecular weight is 363 g/mol. The van der Waals surface area contributed by atoms with E-state index in [2.05, 4.69) is 16.0 Å². The van der Waals surface area contributed by atoms with E-state index in [1.165, 1.54) is 0 Å². The minimum atomic E-state index is -0.694. The summed E-state index contributed by atoms with van der Waals surface area (Å²) in [6.07, 6.45) is 1.22. The molecule has 0 bridgehead atoms. The minimum absolute atomic E-state index is 0.111. The van der Waals surface area contributed by atoms with Crippen LogP contribution >= 0.6 is 0 Å². The zero-order valence-electron chi connectivity index (χ0n) is 15.2. The first-order valence-corrected chi connectivity index (χ1v) is 9.35. The summed E-state index contributed by atoms with van der Waals surface area (Å²) in [6, 6.07) is 7.67. The number of rotatable bonds is 6. The van der Waals surface area contributed by atoms with Crippen molar-refractivity contribution in [3.8, 4) is 5.75 Å². The molecule has 2 fully saturated rings. The third-order valence-electron chi connectivity index (χ3n) is 5.16. The molecule has 0 spiro atoms. The number of carbonyl (C=O) groups is 1. The largest absolute Gasteiger partial charge is 0.497 e. The molecule has 26 heavy (non-hydrogen) atoms. The zero-order valence-corrected chi connectivity index (χ0v) is 15.2. The predicted octanol–water partition coefficient (Wildman–Crippen LogP) is 0.665. The highest BCUT2D eigenvalue weighted by Crippen LogP contribution is 2.19. The maximum Gasteiger partial charge on any atom is 0.407 e. The number of alkyl carbamates (subject to hydrolysis) is 1. The van der Waals surface area contributed by atoms with Crippen molar-refractivity contribution < 1.29 is 19.4 Å². The SMILES string of the molecule is COc1ccc(C[C@H]2NC[C@H](O)[C@H]2OC(=O)NC[C@H]2CCCNC2)cc1. The van der Waals surface area contributed by atoms with Crippen LogP contribution in [0.1, 0.15) is 18.4 Å². The number of nitrogens with one attached hydrogen (secondary N) is 3. The highest BCUT2D eigenvalue weighted by Gasteiger charge is 2.37. The number of piperidine rings is 1. The molecule has 4 atom stereocenters. The topological polar surface area (TPSA) is 91.8 Å². The molecule has 1 aromatic carbocycles. The molecule has 3 rings (SSSR count). The normalized spacial score (nSPS) is 28.5. The Bertz CT molecular complexity index is 575. The number of ether oxygens (including phenoxy) is 2. The second-order valence-corrected chi connectivity index (χ2v) is 7.10. The number of hydrogen-bond acceptors (Lipinski definition) is 6. The lowest BCUT2D eigenvalue weighted by atomic mass is 10.00. The number of amides is 1. The zero-order chi connectivity index (χ0) is 18.4. The van der Waals surface area contributed by atoms with Crippen molar-refractivity contribution in [3.05, 3.63) is 29.8 Å². The Kier molecular flexibility index (Phi) is 6.71. The molecule has 2 aliphatic rings. The Hall–Kier alpha value is -1.83. The van der Waals surface area contributed by atoms with Crippen LogP contribution in [0.25, 0.3) is 0 Å². The van der Waals surface area contributed by atoms with Crippen molar-refractivity contribution in [2.24, 2.45) is 5.92 Å². The molecule has 0 unspecified atom stereocenters. The summed E-state index contributed by atoms with van der Waals surface area (Å²) in [5, 5.41) is 19.6. The first-order chi connectivity index (χ1) is 12.7. The number of methoxy groups -OCH3 is 1. The predicted molar refractivity (Wildman–Crippen MR) is 98.4 cm³/mol. The lowest BCUT2D eigenvalue weighted by molar-refractivity contribution is 0.0185. The van der Waals surface area contributed by atoms with Gasteiger partial charge in [-0.2, -0.15) is 0 Å². The second-order valence-electron chi connectivity index (χ2n) is 7.10. The van der Waals surface area contributed by atoms with E-state index < -0.39 is 18.3 Å². The summed E-state index contributed by atoms with van der Waals surface area (Å²) in [5.74, 6) is 1.25. The third-order valence-corrected chi connectivity index (χ3v) is 5.16. The Labute approximate surface area is 154 Å². The summed E-state index contributed by atoms with van der Waals surface area (Å²) in [7, 11) is 1.63. The molecular formula is C19H29N3O4. The first kappa shape index (κ1) is 18.9. The number of β-amino-alcohol motifs (C(OH)–C–C–N with tert-alkyl or cyclic N) is 1. The van der Waals surface area contributed by atoms with Gasteiger partial charge in [0.15, 0.2) is 0 Å². The van der Waals surface area contributed by atoms with Crippen LogP contribution in [-0.4, -0.2) is 62.7 Å². The minimum Gasteiger partial charge on any atom is -0.497 e. The molecule has 2 heterocycles. The van der Waals surface area contributed by atoms with Crippen molar-refractivity contribution >= 4 is 6.09 Å². The summed E-state index contributed by atoms with van der Waals surface area (Å²) >= 11 is 0. The summed E-state index contributed by atoms with van der Waals surface area (Å²) < 4.78 is 10.7. The molecule has 0 aliphatic carbocycles. The van der Waals surface area contributed by atoms with E-state index in [4.69, 9.17) is 9.47 Å². The van der Waals surface area contributed by atoms with Gasteiger partial charge < -0.3 is 30.5 Å². The van der Waals surface area contributed by atoms with Crippen LogP contribution in [0.4, 0.5) is 4.79 Å². The smallest absolute Gasteiger partial charge is 0.407 e. The van der Waals surface area contributed by atoms with Gasteiger partial charge in [0.1, 0.15) is 18.0 Å². The Balaban J connectivity index is 1.49. The molecule has 0 radical (unpaired) electrons. The van der Waals surface area contributed by atoms with Crippen molar-refractivity contribution in [2.45, 2.75) is 37.5 Å². The van der Waals surface area contributed by atoms with Gasteiger partial charge in [-0.05, 0) is 56.0 Å². The van der Waals surface area contributed by atoms with Gasteiger partial charge in [0.25, 0.3) is 0 Å². The lowest BCUT2D eigenvalue weighted by Crippen LogP contribution is -2.43. The summed E-state index contributed by atoms with van der Waals surface area (Å²) in [5.41, 5.74) is 1.10. The molecule has 7 heteroatoms. The van der Waals surface area contributed by atoms with Crippen LogP contribution in [0.5, 0.6) is 5.75 Å². The van der Waals surface area contributed by atoms with Gasteiger partial charge in [-0.25, -0.2) is 4.79 Å². The molecule has 0 aromatic heterocycles. The number of benzene rings is 1. The Morgan fingerprint density at radius 3 is 2.81 bits per heavy atom. The van der Waals surface area contributed by atoms with Crippen molar-refractivity contribution in [3.63, 3.8) is 0 Å². The van der Waals surface area contributed by atoms with Crippen LogP contribution < -0.4 is 20.7 Å². The van der Waals surface area contributed by atoms with E-state index in [9.17, 15) is 9.90 Å². The Morgan fingerprint density at radius 2 is 2.12 bits per heavy atom. The molecule has 144 valence electrons. The van der Waals surface area contributed by atoms with Gasteiger partial charge in [-0.15, -0.1) is 0 Å². The van der Waals surface area contributed by atoms with Gasteiger partial charge in [-0.3, -0.25) is 0 Å². The second kappa shape index (κ2) is 9.21. The third kappa shape index (κ3) is 5.09. The standard InChI is InChI=1S/C19H29N3O4/c1-25-15-6-4-13(5-7-15)9-16-18(17(23)12-21-16)26-19(24)22-11-14-3-2-8-20-10-14/h4-7,14,16-18,20-21,23H,2-3,8-12H2,1H3,(H,22,24)/t14-,16+,17-,18-/m0/s1. The summed E-state index contributed by atoms with van der Waals surface area (Å²) in [4.78, 5) is 12.2. The average Bonchev–Trinajstić information content (AvgIpc) is 3.01. The lowest BCUT2D eigenvalue weighted by Gasteiger charge is -2.25. The van der Waals surface area contributed by atoms with E-state index in [0.717, 1.165) is 37.2 Å². The van der Waals surface area contributed by atoms with Crippen molar-refractivity contribution in [1.82, 2.24) is 16.0 Å². The van der Waals surface area contributed by atoms with Gasteiger partial charge in [0.05, 0.1) is 13.2 Å². The molecule has 2 aliphatic heterocycles. The number of carbonyl (C=O) groups excluding carboxylic acids is 1. The highest BCUT2D eigenvalue weighted by atomic mass is 16.6. The quantitative estimate of drug-likeness (QED) is 0.594. The fourth-order valence-electron chi connectivity index (χ4n) is 3.63. The maximum atomic E-state index is 12.2. The number of aliphatic hydroxyl groups is 1. The van der Waals surface area contributed by atoms with Crippen LogP contribution in [0, 0.1) is 5.92 Å². The molecule has 4 N–H and O–H groups in total. The molecule has 0 saturated carbocycles. The summed E-state index contributed by atoms with van der Waals surface area (Å²) in [6.45, 7) is 3.00. The van der Waals surface area contributed by atoms with Crippen LogP contribution in [0.15, 0.2) is 24.3 Å². The van der Waals surface area contributed by atoms with Crippen molar-refractivity contribution in [2.75, 3.05) is 33.3 Å². The fourth-order valence-corrected chi connectivity index (χ4v) is 3.63. The van der Waals surface area contributed by atoms with E-state index in [0.29, 0.717) is 25.4 Å². The molecular weight excluding hydrogens is 334 g/mol. The number of hydrogen-bond donors (Lipinski definition) is 4. The van der Waals surface area contributed by atoms with Gasteiger partial charge >= 0.3 is 6.09 Å². The van der Waals surface area contributed by atoms with Gasteiger partial charge in [0, 0.05) is 13.1 Å².